The highest BCUT2D eigenvalue weighted by atomic mass is 16.4. The number of nitrogens with zero attached hydrogens (tertiary/aromatic N) is 2. The first-order valence-corrected chi connectivity index (χ1v) is 5.63. The predicted molar refractivity (Wildman–Crippen MR) is 61.7 cm³/mol. The number of aromatic amines is 1. The van der Waals surface area contributed by atoms with Gasteiger partial charge in [0.05, 0.1) is 11.8 Å². The van der Waals surface area contributed by atoms with Gasteiger partial charge in [-0.2, -0.15) is 10.3 Å². The Labute approximate surface area is 100 Å². The quantitative estimate of drug-likeness (QED) is 0.720. The van der Waals surface area contributed by atoms with Gasteiger partial charge in [-0.1, -0.05) is 20.8 Å². The number of aryl methyl sites for hydroxylation is 1. The maximum absolute atomic E-state index is 10.8. The van der Waals surface area contributed by atoms with Crippen molar-refractivity contribution in [1.29, 1.82) is 0 Å². The van der Waals surface area contributed by atoms with Crippen LogP contribution in [0.5, 0.6) is 0 Å². The van der Waals surface area contributed by atoms with Crippen molar-refractivity contribution in [2.75, 3.05) is 0 Å². The van der Waals surface area contributed by atoms with Gasteiger partial charge in [0.2, 0.25) is 0 Å². The second kappa shape index (κ2) is 5.27. The molecule has 1 rings (SSSR count). The number of rotatable bonds is 5. The van der Waals surface area contributed by atoms with E-state index >= 15 is 0 Å². The van der Waals surface area contributed by atoms with Gasteiger partial charge in [-0.3, -0.25) is 0 Å². The number of aromatic nitrogens is 3. The van der Waals surface area contributed by atoms with Gasteiger partial charge in [-0.05, 0) is 24.7 Å². The fourth-order valence-electron chi connectivity index (χ4n) is 1.49. The molecule has 0 radical (unpaired) electrons. The van der Waals surface area contributed by atoms with E-state index in [0.29, 0.717) is 25.0 Å². The van der Waals surface area contributed by atoms with E-state index in [9.17, 15) is 9.90 Å². The van der Waals surface area contributed by atoms with Crippen molar-refractivity contribution >= 4 is 5.97 Å². The van der Waals surface area contributed by atoms with Gasteiger partial charge in [0.25, 0.3) is 0 Å². The highest BCUT2D eigenvalue weighted by Crippen LogP contribution is 2.23. The monoisotopic (exact) mass is 241 g/mol. The fraction of sp³-hybridized carbons (Fsp3) is 0.727. The fourth-order valence-corrected chi connectivity index (χ4v) is 1.49. The normalized spacial score (nSPS) is 13.6. The molecule has 1 atom stereocenters. The molecule has 0 saturated heterocycles. The molecule has 0 aliphatic rings. The molecule has 1 unspecified atom stereocenters. The van der Waals surface area contributed by atoms with Crippen molar-refractivity contribution < 1.29 is 15.0 Å². The van der Waals surface area contributed by atoms with Crippen molar-refractivity contribution in [1.82, 2.24) is 15.4 Å². The lowest BCUT2D eigenvalue weighted by Gasteiger charge is -2.25. The third kappa shape index (κ3) is 3.81. The number of hydrogen-bond donors (Lipinski definition) is 3. The number of aromatic carboxylic acids is 1. The number of hydrogen-bond acceptors (Lipinski definition) is 4. The summed E-state index contributed by atoms with van der Waals surface area (Å²) in [7, 11) is 0. The minimum Gasteiger partial charge on any atom is -0.476 e. The van der Waals surface area contributed by atoms with Gasteiger partial charge in [-0.25, -0.2) is 4.79 Å². The molecule has 0 amide bonds. The van der Waals surface area contributed by atoms with Crippen LogP contribution in [0.1, 0.15) is 49.8 Å². The van der Waals surface area contributed by atoms with Crippen LogP contribution in [0.3, 0.4) is 0 Å². The van der Waals surface area contributed by atoms with Crippen LogP contribution in [0.2, 0.25) is 0 Å². The first-order valence-electron chi connectivity index (χ1n) is 5.63. The predicted octanol–water partition coefficient (Wildman–Crippen LogP) is 1.23. The Bertz CT molecular complexity index is 382. The molecule has 0 saturated carbocycles. The van der Waals surface area contributed by atoms with Crippen LogP contribution in [0.4, 0.5) is 0 Å². The van der Waals surface area contributed by atoms with E-state index in [1.807, 2.05) is 20.8 Å². The van der Waals surface area contributed by atoms with Gasteiger partial charge >= 0.3 is 5.97 Å². The maximum Gasteiger partial charge on any atom is 0.358 e. The molecule has 0 bridgehead atoms. The first kappa shape index (κ1) is 13.6. The lowest BCUT2D eigenvalue weighted by Crippen LogP contribution is -2.25. The maximum atomic E-state index is 10.8. The van der Waals surface area contributed by atoms with Crippen LogP contribution >= 0.6 is 0 Å². The molecule has 17 heavy (non-hydrogen) atoms. The lowest BCUT2D eigenvalue weighted by atomic mass is 9.86. The second-order valence-corrected chi connectivity index (χ2v) is 5.20. The van der Waals surface area contributed by atoms with E-state index in [1.54, 1.807) is 0 Å². The van der Waals surface area contributed by atoms with E-state index in [-0.39, 0.29) is 11.1 Å². The van der Waals surface area contributed by atoms with E-state index in [0.717, 1.165) is 0 Å². The molecule has 1 aromatic heterocycles. The van der Waals surface area contributed by atoms with Crippen LogP contribution in [-0.2, 0) is 6.42 Å². The Kier molecular flexibility index (Phi) is 4.22. The van der Waals surface area contributed by atoms with Gasteiger partial charge in [0.1, 0.15) is 0 Å². The molecule has 6 heteroatoms. The highest BCUT2D eigenvalue weighted by Gasteiger charge is 2.22. The minimum absolute atomic E-state index is 0.0322. The van der Waals surface area contributed by atoms with E-state index < -0.39 is 12.1 Å². The molecule has 0 aliphatic heterocycles. The molecule has 0 aliphatic carbocycles. The summed E-state index contributed by atoms with van der Waals surface area (Å²) in [4.78, 5) is 10.8. The zero-order valence-electron chi connectivity index (χ0n) is 10.4. The first-order chi connectivity index (χ1) is 7.82. The van der Waals surface area contributed by atoms with Crippen LogP contribution < -0.4 is 0 Å². The van der Waals surface area contributed by atoms with Crippen LogP contribution in [0.25, 0.3) is 0 Å². The Balaban J connectivity index is 2.46. The molecule has 1 heterocycles. The number of aliphatic hydroxyl groups excluding tert-OH is 1. The summed E-state index contributed by atoms with van der Waals surface area (Å²) in [6.07, 6.45) is 1.41. The molecule has 1 aromatic rings. The second-order valence-electron chi connectivity index (χ2n) is 5.20. The molecule has 3 N–H and O–H groups in total. The molecule has 0 aromatic carbocycles. The Morgan fingerprint density at radius 3 is 2.59 bits per heavy atom. The zero-order chi connectivity index (χ0) is 13.1. The Morgan fingerprint density at radius 2 is 2.06 bits per heavy atom. The van der Waals surface area contributed by atoms with E-state index in [1.165, 1.54) is 0 Å². The van der Waals surface area contributed by atoms with Crippen molar-refractivity contribution in [3.63, 3.8) is 0 Å². The summed E-state index contributed by atoms with van der Waals surface area (Å²) in [6.45, 7) is 5.91. The summed E-state index contributed by atoms with van der Waals surface area (Å²) < 4.78 is 0. The number of carboxylic acids is 1. The molecule has 96 valence electrons. The summed E-state index contributed by atoms with van der Waals surface area (Å²) in [6, 6.07) is 0. The largest absolute Gasteiger partial charge is 0.476 e. The Morgan fingerprint density at radius 1 is 1.41 bits per heavy atom. The molecular formula is C11H19N3O3. The molecule has 0 spiro atoms. The van der Waals surface area contributed by atoms with Crippen molar-refractivity contribution in [3.05, 3.63) is 11.4 Å². The molecular weight excluding hydrogens is 222 g/mol. The summed E-state index contributed by atoms with van der Waals surface area (Å²) in [5, 5.41) is 28.3. The number of carboxylic acid groups (broad SMARTS) is 1. The standard InChI is InChI=1S/C11H19N3O3/c1-11(2,3)8(15)6-4-5-7-9(10(16)17)13-14-12-7/h8,15H,4-6H2,1-3H3,(H,16,17)(H,12,13,14). The van der Waals surface area contributed by atoms with E-state index in [2.05, 4.69) is 15.4 Å². The third-order valence-corrected chi connectivity index (χ3v) is 2.71. The van der Waals surface area contributed by atoms with Crippen LogP contribution in [0.15, 0.2) is 0 Å². The number of carbonyl (C=O) groups is 1. The van der Waals surface area contributed by atoms with Crippen LogP contribution in [0, 0.1) is 5.41 Å². The van der Waals surface area contributed by atoms with Crippen molar-refractivity contribution in [3.8, 4) is 0 Å². The van der Waals surface area contributed by atoms with Crippen molar-refractivity contribution in [2.45, 2.75) is 46.1 Å². The third-order valence-electron chi connectivity index (χ3n) is 2.71. The molecule has 0 fully saturated rings. The van der Waals surface area contributed by atoms with Gasteiger partial charge in [0.15, 0.2) is 5.69 Å². The Hall–Kier alpha value is -1.43. The van der Waals surface area contributed by atoms with Crippen molar-refractivity contribution in [2.24, 2.45) is 5.41 Å². The zero-order valence-corrected chi connectivity index (χ0v) is 10.4. The smallest absolute Gasteiger partial charge is 0.358 e. The summed E-state index contributed by atoms with van der Waals surface area (Å²) in [5.74, 6) is -1.08. The SMILES string of the molecule is CC(C)(C)C(O)CCCc1n[nH]nc1C(=O)O. The van der Waals surface area contributed by atoms with Crippen LogP contribution in [-0.4, -0.2) is 37.7 Å². The number of aliphatic hydroxyl groups is 1. The summed E-state index contributed by atoms with van der Waals surface area (Å²) >= 11 is 0. The number of H-pyrrole nitrogens is 1. The van der Waals surface area contributed by atoms with Gasteiger partial charge < -0.3 is 10.2 Å². The van der Waals surface area contributed by atoms with E-state index in [4.69, 9.17) is 5.11 Å². The summed E-state index contributed by atoms with van der Waals surface area (Å²) in [5.41, 5.74) is 0.258. The average molecular weight is 241 g/mol. The van der Waals surface area contributed by atoms with Gasteiger partial charge in [-0.15, -0.1) is 5.10 Å². The topological polar surface area (TPSA) is 99.1 Å². The minimum atomic E-state index is -1.08. The highest BCUT2D eigenvalue weighted by molar-refractivity contribution is 5.86. The molecule has 6 nitrogen and oxygen atoms in total. The lowest BCUT2D eigenvalue weighted by molar-refractivity contribution is 0.0539. The van der Waals surface area contributed by atoms with Gasteiger partial charge in [0, 0.05) is 0 Å². The average Bonchev–Trinajstić information content (AvgIpc) is 2.64. The number of nitrogens with one attached hydrogen (secondary N) is 1.